The van der Waals surface area contributed by atoms with Crippen molar-refractivity contribution in [3.05, 3.63) is 87.2 Å². The number of phenols is 1. The number of aromatic nitrogens is 3. The van der Waals surface area contributed by atoms with Crippen LogP contribution >= 0.6 is 0 Å². The van der Waals surface area contributed by atoms with Gasteiger partial charge < -0.3 is 35.1 Å². The van der Waals surface area contributed by atoms with Crippen molar-refractivity contribution >= 4 is 11.4 Å². The van der Waals surface area contributed by atoms with E-state index in [-0.39, 0.29) is 62.0 Å². The molecular formula is C34H41N5O9. The van der Waals surface area contributed by atoms with Crippen molar-refractivity contribution in [3.63, 3.8) is 0 Å². The summed E-state index contributed by atoms with van der Waals surface area (Å²) in [5.74, 6) is -2.39. The first-order valence-corrected chi connectivity index (χ1v) is 16.4. The second-order valence-corrected chi connectivity index (χ2v) is 12.8. The molecule has 6 rings (SSSR count). The molecule has 0 amide bonds. The number of unbranched alkanes of at least 4 members (excludes halogenated alkanes) is 2. The van der Waals surface area contributed by atoms with Gasteiger partial charge in [0.1, 0.15) is 24.1 Å². The molecule has 6 atom stereocenters. The van der Waals surface area contributed by atoms with Crippen LogP contribution in [0.1, 0.15) is 73.7 Å². The lowest BCUT2D eigenvalue weighted by Gasteiger charge is -2.56. The summed E-state index contributed by atoms with van der Waals surface area (Å²) in [6.45, 7) is -0.200. The van der Waals surface area contributed by atoms with Crippen molar-refractivity contribution in [1.29, 1.82) is 0 Å². The van der Waals surface area contributed by atoms with E-state index in [4.69, 9.17) is 9.57 Å². The number of aliphatic hydroxyl groups is 4. The van der Waals surface area contributed by atoms with Crippen molar-refractivity contribution in [2.45, 2.75) is 75.9 Å². The predicted octanol–water partition coefficient (Wildman–Crippen LogP) is 3.88. The van der Waals surface area contributed by atoms with Gasteiger partial charge >= 0.3 is 0 Å². The Labute approximate surface area is 277 Å². The Morgan fingerprint density at radius 2 is 1.81 bits per heavy atom. The van der Waals surface area contributed by atoms with Crippen LogP contribution in [0.15, 0.2) is 65.5 Å². The average molecular weight is 664 g/mol. The molecule has 6 unspecified atom stereocenters. The van der Waals surface area contributed by atoms with E-state index >= 15 is 0 Å². The largest absolute Gasteiger partial charge is 0.508 e. The number of non-ortho nitro benzene ring substituents is 1. The minimum Gasteiger partial charge on any atom is -0.508 e. The number of phenolic OH excluding ortho intramolecular Hbond substituents is 1. The monoisotopic (exact) mass is 663 g/mol. The molecule has 14 nitrogen and oxygen atoms in total. The van der Waals surface area contributed by atoms with Gasteiger partial charge in [0.2, 0.25) is 5.79 Å². The van der Waals surface area contributed by atoms with Crippen molar-refractivity contribution in [2.24, 2.45) is 22.9 Å². The van der Waals surface area contributed by atoms with Crippen molar-refractivity contribution in [1.82, 2.24) is 15.0 Å². The highest BCUT2D eigenvalue weighted by Gasteiger charge is 2.63. The first-order valence-electron chi connectivity index (χ1n) is 16.4. The maximum absolute atomic E-state index is 12.8. The molecule has 1 aromatic heterocycles. The Morgan fingerprint density at radius 3 is 2.52 bits per heavy atom. The van der Waals surface area contributed by atoms with Crippen LogP contribution in [0.25, 0.3) is 0 Å². The van der Waals surface area contributed by atoms with E-state index in [0.717, 1.165) is 36.8 Å². The number of hydrogen-bond donors (Lipinski definition) is 5. The Kier molecular flexibility index (Phi) is 10.1. The highest BCUT2D eigenvalue weighted by Crippen LogP contribution is 2.62. The maximum Gasteiger partial charge on any atom is 0.269 e. The standard InChI is InChI=1S/C34H41N5O9/c40-13-3-1-5-22-15-27-29(36-47-20-21-7-9-23(10-8-21)39(45)46)17-31(38-24(19-42)18-35-37-38)34(44)33(27)32(26(22)6-2-4-14-41)28-16-25(43)11-12-30(28)48-34/h7-12,15-16,18,22,26,31-33,40-44H,1-6,13-14,17,19-20H2. The van der Waals surface area contributed by atoms with E-state index in [9.17, 15) is 35.6 Å². The molecule has 0 bridgehead atoms. The number of fused-ring (bicyclic) bond motifs is 2. The molecule has 1 aliphatic heterocycles. The highest BCUT2D eigenvalue weighted by molar-refractivity contribution is 6.02. The molecule has 0 spiro atoms. The molecule has 256 valence electrons. The highest BCUT2D eigenvalue weighted by atomic mass is 16.6. The van der Waals surface area contributed by atoms with E-state index in [2.05, 4.69) is 21.5 Å². The zero-order valence-corrected chi connectivity index (χ0v) is 26.5. The van der Waals surface area contributed by atoms with Crippen LogP contribution in [-0.4, -0.2) is 70.2 Å². The van der Waals surface area contributed by atoms with Gasteiger partial charge in [0.25, 0.3) is 5.69 Å². The molecule has 3 aromatic rings. The lowest BCUT2D eigenvalue weighted by molar-refractivity contribution is -0.384. The van der Waals surface area contributed by atoms with E-state index < -0.39 is 22.7 Å². The van der Waals surface area contributed by atoms with Crippen LogP contribution in [0.4, 0.5) is 5.69 Å². The number of nitro benzene ring substituents is 1. The molecular weight excluding hydrogens is 622 g/mol. The molecule has 3 aliphatic rings. The molecule has 2 heterocycles. The maximum atomic E-state index is 12.8. The van der Waals surface area contributed by atoms with Crippen LogP contribution in [0.2, 0.25) is 0 Å². The molecule has 1 fully saturated rings. The molecule has 48 heavy (non-hydrogen) atoms. The SMILES string of the molecule is O=[N+]([O-])c1ccc(CON=C2CC(n3nncc3CO)C3(O)Oc4ccc(O)cc4C4C(CCCCO)C(CCCCO)C=C2C43)cc1. The Balaban J connectivity index is 1.47. The third-order valence-electron chi connectivity index (χ3n) is 9.92. The van der Waals surface area contributed by atoms with Gasteiger partial charge in [-0.25, -0.2) is 4.68 Å². The Hall–Kier alpha value is -4.37. The van der Waals surface area contributed by atoms with Crippen molar-refractivity contribution in [2.75, 3.05) is 13.2 Å². The van der Waals surface area contributed by atoms with E-state index in [1.807, 2.05) is 0 Å². The van der Waals surface area contributed by atoms with Gasteiger partial charge in [-0.3, -0.25) is 10.1 Å². The zero-order valence-electron chi connectivity index (χ0n) is 26.5. The molecule has 5 N–H and O–H groups in total. The van der Waals surface area contributed by atoms with Gasteiger partial charge in [0.15, 0.2) is 0 Å². The number of allylic oxidation sites excluding steroid dienone is 1. The van der Waals surface area contributed by atoms with E-state index in [0.29, 0.717) is 35.6 Å². The fourth-order valence-electron chi connectivity index (χ4n) is 7.75. The number of nitrogens with zero attached hydrogens (tertiary/aromatic N) is 5. The quantitative estimate of drug-likeness (QED) is 0.0950. The minimum atomic E-state index is -1.86. The molecule has 2 aliphatic carbocycles. The summed E-state index contributed by atoms with van der Waals surface area (Å²) in [6, 6.07) is 10.00. The summed E-state index contributed by atoms with van der Waals surface area (Å²) in [4.78, 5) is 16.5. The number of rotatable bonds is 14. The summed E-state index contributed by atoms with van der Waals surface area (Å²) in [6.07, 6.45) is 7.97. The van der Waals surface area contributed by atoms with Crippen molar-refractivity contribution < 1.29 is 40.0 Å². The number of ether oxygens (including phenoxy) is 1. The molecule has 0 saturated heterocycles. The van der Waals surface area contributed by atoms with E-state index in [1.165, 1.54) is 29.1 Å². The zero-order chi connectivity index (χ0) is 33.8. The summed E-state index contributed by atoms with van der Waals surface area (Å²) in [5.41, 5.74) is 3.07. The number of aromatic hydroxyl groups is 1. The summed E-state index contributed by atoms with van der Waals surface area (Å²) >= 11 is 0. The number of nitro groups is 1. The van der Waals surface area contributed by atoms with Crippen molar-refractivity contribution in [3.8, 4) is 11.5 Å². The second kappa shape index (κ2) is 14.4. The first kappa shape index (κ1) is 33.5. The lowest BCUT2D eigenvalue weighted by Crippen LogP contribution is -2.62. The number of aliphatic hydroxyl groups excluding tert-OH is 3. The number of hydrogen-bond acceptors (Lipinski definition) is 12. The summed E-state index contributed by atoms with van der Waals surface area (Å²) in [7, 11) is 0. The van der Waals surface area contributed by atoms with Crippen LogP contribution in [0, 0.1) is 27.9 Å². The Bertz CT molecular complexity index is 1660. The van der Waals surface area contributed by atoms with Gasteiger partial charge in [-0.05, 0) is 79.0 Å². The van der Waals surface area contributed by atoms with E-state index in [1.54, 1.807) is 24.3 Å². The smallest absolute Gasteiger partial charge is 0.269 e. The predicted molar refractivity (Wildman–Crippen MR) is 172 cm³/mol. The van der Waals surface area contributed by atoms with Gasteiger partial charge in [0.05, 0.1) is 35.1 Å². The third-order valence-corrected chi connectivity index (χ3v) is 9.92. The second-order valence-electron chi connectivity index (χ2n) is 12.8. The van der Waals surface area contributed by atoms with Gasteiger partial charge in [-0.15, -0.1) is 5.10 Å². The molecule has 0 radical (unpaired) electrons. The van der Waals surface area contributed by atoms with Crippen LogP contribution < -0.4 is 4.74 Å². The average Bonchev–Trinajstić information content (AvgIpc) is 3.55. The topological polar surface area (TPSA) is 206 Å². The van der Waals surface area contributed by atoms with Gasteiger partial charge in [-0.1, -0.05) is 29.3 Å². The normalized spacial score (nSPS) is 26.7. The lowest BCUT2D eigenvalue weighted by atomic mass is 9.55. The third kappa shape index (κ3) is 6.40. The van der Waals surface area contributed by atoms with Gasteiger partial charge in [0, 0.05) is 43.2 Å². The fraction of sp³-hybridized carbons (Fsp3) is 0.500. The van der Waals surface area contributed by atoms with Crippen LogP contribution in [0.3, 0.4) is 0 Å². The Morgan fingerprint density at radius 1 is 1.06 bits per heavy atom. The van der Waals surface area contributed by atoms with Crippen LogP contribution in [-0.2, 0) is 18.1 Å². The van der Waals surface area contributed by atoms with Gasteiger partial charge in [-0.2, -0.15) is 0 Å². The number of benzene rings is 2. The minimum absolute atomic E-state index is 0.0137. The number of oxime groups is 1. The summed E-state index contributed by atoms with van der Waals surface area (Å²) < 4.78 is 7.99. The summed E-state index contributed by atoms with van der Waals surface area (Å²) in [5, 5.41) is 76.8. The molecule has 14 heteroatoms. The molecule has 2 aromatic carbocycles. The fourth-order valence-corrected chi connectivity index (χ4v) is 7.75. The first-order chi connectivity index (χ1) is 23.3. The molecule has 1 saturated carbocycles. The van der Waals surface area contributed by atoms with Crippen LogP contribution in [0.5, 0.6) is 11.5 Å².